The lowest BCUT2D eigenvalue weighted by Gasteiger charge is -2.45. The zero-order chi connectivity index (χ0) is 32.9. The SMILES string of the molecule is CN(C(=O)OC(C)(C)C)C1(c2ccc(COCc3ccc(C4(N(C)C(=O)OC(C)(C)C)CCCCC4)cc3)cc2)CCCCC1. The van der Waals surface area contributed by atoms with Crippen LogP contribution in [0, 0.1) is 0 Å². The first-order chi connectivity index (χ1) is 21.2. The number of carbonyl (C=O) groups is 2. The van der Waals surface area contributed by atoms with Crippen LogP contribution in [0.4, 0.5) is 9.59 Å². The molecule has 0 bridgehead atoms. The second-order valence-electron chi connectivity index (χ2n) is 15.1. The lowest BCUT2D eigenvalue weighted by molar-refractivity contribution is -0.00645. The predicted molar refractivity (Wildman–Crippen MR) is 179 cm³/mol. The van der Waals surface area contributed by atoms with Crippen molar-refractivity contribution in [1.29, 1.82) is 0 Å². The molecule has 4 rings (SSSR count). The summed E-state index contributed by atoms with van der Waals surface area (Å²) in [7, 11) is 3.76. The summed E-state index contributed by atoms with van der Waals surface area (Å²) < 4.78 is 17.6. The quantitative estimate of drug-likeness (QED) is 0.294. The highest BCUT2D eigenvalue weighted by Gasteiger charge is 2.43. The number of hydrogen-bond acceptors (Lipinski definition) is 5. The topological polar surface area (TPSA) is 68.3 Å². The maximum atomic E-state index is 13.1. The van der Waals surface area contributed by atoms with Crippen LogP contribution in [0.15, 0.2) is 48.5 Å². The summed E-state index contributed by atoms with van der Waals surface area (Å²) in [5, 5.41) is 0. The number of hydrogen-bond donors (Lipinski definition) is 0. The molecule has 0 N–H and O–H groups in total. The Labute approximate surface area is 271 Å². The van der Waals surface area contributed by atoms with Gasteiger partial charge in [-0.3, -0.25) is 0 Å². The van der Waals surface area contributed by atoms with Gasteiger partial charge in [0.2, 0.25) is 0 Å². The smallest absolute Gasteiger partial charge is 0.410 e. The first-order valence-corrected chi connectivity index (χ1v) is 16.9. The van der Waals surface area contributed by atoms with E-state index in [1.54, 1.807) is 0 Å². The minimum Gasteiger partial charge on any atom is -0.444 e. The van der Waals surface area contributed by atoms with E-state index in [-0.39, 0.29) is 23.3 Å². The van der Waals surface area contributed by atoms with Crippen LogP contribution >= 0.6 is 0 Å². The van der Waals surface area contributed by atoms with Crippen molar-refractivity contribution in [3.05, 3.63) is 70.8 Å². The maximum Gasteiger partial charge on any atom is 0.410 e. The molecule has 0 aliphatic heterocycles. The first kappa shape index (κ1) is 34.8. The number of amides is 2. The second kappa shape index (κ2) is 14.1. The minimum atomic E-state index is -0.531. The molecular formula is C38H56N2O5. The van der Waals surface area contributed by atoms with E-state index in [1.165, 1.54) is 12.8 Å². The standard InChI is InChI=1S/C38H56N2O5/c1-35(2,3)44-33(41)39(7)37(23-11-9-12-24-37)31-19-15-29(16-20-31)27-43-28-30-17-21-32(22-18-30)38(25-13-10-14-26-38)40(8)34(42)45-36(4,5)6/h15-22H,9-14,23-28H2,1-8H3. The van der Waals surface area contributed by atoms with Gasteiger partial charge in [-0.05, 0) is 89.5 Å². The molecule has 7 nitrogen and oxygen atoms in total. The van der Waals surface area contributed by atoms with E-state index in [1.807, 2.05) is 65.4 Å². The van der Waals surface area contributed by atoms with Gasteiger partial charge in [0.1, 0.15) is 11.2 Å². The van der Waals surface area contributed by atoms with E-state index < -0.39 is 11.2 Å². The summed E-state index contributed by atoms with van der Waals surface area (Å²) in [6.45, 7) is 12.5. The van der Waals surface area contributed by atoms with Gasteiger partial charge in [0.25, 0.3) is 0 Å². The van der Waals surface area contributed by atoms with Crippen LogP contribution in [0.25, 0.3) is 0 Å². The lowest BCUT2D eigenvalue weighted by atomic mass is 9.75. The molecule has 45 heavy (non-hydrogen) atoms. The van der Waals surface area contributed by atoms with Gasteiger partial charge in [0.15, 0.2) is 0 Å². The van der Waals surface area contributed by atoms with Crippen LogP contribution in [0.2, 0.25) is 0 Å². The lowest BCUT2D eigenvalue weighted by Crippen LogP contribution is -2.50. The van der Waals surface area contributed by atoms with Gasteiger partial charge in [0, 0.05) is 14.1 Å². The van der Waals surface area contributed by atoms with Gasteiger partial charge in [-0.25, -0.2) is 9.59 Å². The third-order valence-electron chi connectivity index (χ3n) is 9.50. The second-order valence-corrected chi connectivity index (χ2v) is 15.1. The molecule has 0 spiro atoms. The minimum absolute atomic E-state index is 0.270. The molecule has 2 fully saturated rings. The van der Waals surface area contributed by atoms with E-state index in [4.69, 9.17) is 14.2 Å². The third kappa shape index (κ3) is 8.60. The largest absolute Gasteiger partial charge is 0.444 e. The Morgan fingerprint density at radius 3 is 1.18 bits per heavy atom. The zero-order valence-corrected chi connectivity index (χ0v) is 29.0. The van der Waals surface area contributed by atoms with Crippen molar-refractivity contribution in [3.63, 3.8) is 0 Å². The third-order valence-corrected chi connectivity index (χ3v) is 9.50. The fourth-order valence-corrected chi connectivity index (χ4v) is 7.03. The van der Waals surface area contributed by atoms with Crippen molar-refractivity contribution in [3.8, 4) is 0 Å². The Morgan fingerprint density at radius 2 is 0.889 bits per heavy atom. The van der Waals surface area contributed by atoms with Gasteiger partial charge in [-0.15, -0.1) is 0 Å². The normalized spacial score (nSPS) is 18.1. The van der Waals surface area contributed by atoms with Gasteiger partial charge in [0.05, 0.1) is 24.3 Å². The van der Waals surface area contributed by atoms with E-state index in [0.29, 0.717) is 13.2 Å². The average Bonchev–Trinajstić information content (AvgIpc) is 3.00. The molecule has 2 aliphatic rings. The summed E-state index contributed by atoms with van der Waals surface area (Å²) in [6.07, 6.45) is 9.95. The highest BCUT2D eigenvalue weighted by atomic mass is 16.6. The molecule has 7 heteroatoms. The number of carbonyl (C=O) groups excluding carboxylic acids is 2. The van der Waals surface area contributed by atoms with Crippen LogP contribution in [0.5, 0.6) is 0 Å². The van der Waals surface area contributed by atoms with Gasteiger partial charge in [-0.1, -0.05) is 87.1 Å². The monoisotopic (exact) mass is 620 g/mol. The summed E-state index contributed by atoms with van der Waals surface area (Å²) in [5.74, 6) is 0. The summed E-state index contributed by atoms with van der Waals surface area (Å²) in [6, 6.07) is 17.1. The highest BCUT2D eigenvalue weighted by molar-refractivity contribution is 5.70. The zero-order valence-electron chi connectivity index (χ0n) is 29.0. The van der Waals surface area contributed by atoms with E-state index >= 15 is 0 Å². The molecule has 2 saturated carbocycles. The molecule has 2 aromatic rings. The number of rotatable bonds is 8. The Kier molecular flexibility index (Phi) is 10.9. The van der Waals surface area contributed by atoms with Crippen molar-refractivity contribution >= 4 is 12.2 Å². The fraction of sp³-hybridized carbons (Fsp3) is 0.632. The molecule has 2 amide bonds. The molecule has 0 heterocycles. The number of benzene rings is 2. The van der Waals surface area contributed by atoms with Gasteiger partial charge < -0.3 is 24.0 Å². The van der Waals surface area contributed by atoms with Crippen molar-refractivity contribution in [2.75, 3.05) is 14.1 Å². The van der Waals surface area contributed by atoms with Gasteiger partial charge >= 0.3 is 12.2 Å². The van der Waals surface area contributed by atoms with E-state index in [0.717, 1.165) is 73.6 Å². The van der Waals surface area contributed by atoms with Crippen LogP contribution in [0.1, 0.15) is 128 Å². The molecule has 0 saturated heterocycles. The Balaban J connectivity index is 1.39. The summed E-state index contributed by atoms with van der Waals surface area (Å²) in [5.41, 5.74) is 2.74. The van der Waals surface area contributed by atoms with Crippen molar-refractivity contribution in [2.45, 2.75) is 141 Å². The molecule has 0 atom stereocenters. The van der Waals surface area contributed by atoms with Crippen LogP contribution < -0.4 is 0 Å². The van der Waals surface area contributed by atoms with Crippen LogP contribution in [0.3, 0.4) is 0 Å². The molecule has 0 aromatic heterocycles. The van der Waals surface area contributed by atoms with E-state index in [2.05, 4.69) is 48.5 Å². The molecule has 2 aliphatic carbocycles. The highest BCUT2D eigenvalue weighted by Crippen LogP contribution is 2.44. The molecule has 248 valence electrons. The fourth-order valence-electron chi connectivity index (χ4n) is 7.03. The molecular weight excluding hydrogens is 564 g/mol. The number of nitrogens with zero attached hydrogens (tertiary/aromatic N) is 2. The van der Waals surface area contributed by atoms with Crippen molar-refractivity contribution < 1.29 is 23.8 Å². The maximum absolute atomic E-state index is 13.1. The molecule has 0 unspecified atom stereocenters. The van der Waals surface area contributed by atoms with Crippen molar-refractivity contribution in [2.24, 2.45) is 0 Å². The predicted octanol–water partition coefficient (Wildman–Crippen LogP) is 9.46. The first-order valence-electron chi connectivity index (χ1n) is 16.9. The van der Waals surface area contributed by atoms with Crippen LogP contribution in [-0.4, -0.2) is 47.3 Å². The van der Waals surface area contributed by atoms with E-state index in [9.17, 15) is 9.59 Å². The average molecular weight is 621 g/mol. The van der Waals surface area contributed by atoms with Crippen molar-refractivity contribution in [1.82, 2.24) is 9.80 Å². The molecule has 0 radical (unpaired) electrons. The Bertz CT molecular complexity index is 1160. The Morgan fingerprint density at radius 1 is 0.578 bits per heavy atom. The number of ether oxygens (including phenoxy) is 3. The Hall–Kier alpha value is -3.06. The summed E-state index contributed by atoms with van der Waals surface area (Å²) in [4.78, 5) is 29.8. The molecule has 2 aromatic carbocycles. The van der Waals surface area contributed by atoms with Gasteiger partial charge in [-0.2, -0.15) is 0 Å². The summed E-state index contributed by atoms with van der Waals surface area (Å²) >= 11 is 0. The van der Waals surface area contributed by atoms with Crippen LogP contribution in [-0.2, 0) is 38.5 Å².